The van der Waals surface area contributed by atoms with Crippen molar-refractivity contribution in [3.05, 3.63) is 12.2 Å². The monoisotopic (exact) mass is 192 g/mol. The highest BCUT2D eigenvalue weighted by molar-refractivity contribution is 5.06. The third-order valence-electron chi connectivity index (χ3n) is 4.08. The molecule has 2 saturated carbocycles. The highest BCUT2D eigenvalue weighted by Gasteiger charge is 2.39. The summed E-state index contributed by atoms with van der Waals surface area (Å²) in [7, 11) is 0. The van der Waals surface area contributed by atoms with E-state index in [9.17, 15) is 0 Å². The van der Waals surface area contributed by atoms with Gasteiger partial charge in [0.2, 0.25) is 0 Å². The molecule has 1 heteroatoms. The lowest BCUT2D eigenvalue weighted by atomic mass is 10.0. The van der Waals surface area contributed by atoms with E-state index in [2.05, 4.69) is 12.2 Å². The second-order valence-corrected chi connectivity index (χ2v) is 5.22. The second-order valence-electron chi connectivity index (χ2n) is 5.22. The highest BCUT2D eigenvalue weighted by atomic mass is 16.6. The van der Waals surface area contributed by atoms with Crippen LogP contribution in [0.2, 0.25) is 0 Å². The number of rotatable bonds is 0. The number of hydrogen-bond acceptors (Lipinski definition) is 1. The van der Waals surface area contributed by atoms with Crippen molar-refractivity contribution < 1.29 is 4.74 Å². The van der Waals surface area contributed by atoms with Crippen molar-refractivity contribution in [2.24, 2.45) is 11.8 Å². The Morgan fingerprint density at radius 1 is 0.786 bits per heavy atom. The van der Waals surface area contributed by atoms with Crippen LogP contribution < -0.4 is 0 Å². The third kappa shape index (κ3) is 1.88. The lowest BCUT2D eigenvalue weighted by Crippen LogP contribution is -2.00. The molecule has 0 amide bonds. The predicted octanol–water partition coefficient (Wildman–Crippen LogP) is 3.30. The molecule has 0 N–H and O–H groups in total. The van der Waals surface area contributed by atoms with Crippen LogP contribution in [0.25, 0.3) is 0 Å². The zero-order chi connectivity index (χ0) is 9.38. The molecule has 1 aliphatic heterocycles. The van der Waals surface area contributed by atoms with Crippen molar-refractivity contribution in [1.29, 1.82) is 0 Å². The van der Waals surface area contributed by atoms with Gasteiger partial charge in [-0.05, 0) is 43.9 Å². The topological polar surface area (TPSA) is 12.5 Å². The lowest BCUT2D eigenvalue weighted by Gasteiger charge is -2.00. The maximum atomic E-state index is 5.28. The van der Waals surface area contributed by atoms with Crippen molar-refractivity contribution in [3.63, 3.8) is 0 Å². The third-order valence-corrected chi connectivity index (χ3v) is 4.08. The van der Waals surface area contributed by atoms with Gasteiger partial charge in [-0.15, -0.1) is 0 Å². The fraction of sp³-hybridized carbons (Fsp3) is 0.846. The Hall–Kier alpha value is -0.300. The molecule has 3 aliphatic carbocycles. The van der Waals surface area contributed by atoms with Crippen molar-refractivity contribution in [3.8, 4) is 0 Å². The van der Waals surface area contributed by atoms with E-state index >= 15 is 0 Å². The molecule has 1 saturated heterocycles. The molecule has 0 spiro atoms. The Balaban J connectivity index is 0.0000000914. The first-order valence-corrected chi connectivity index (χ1v) is 6.25. The number of epoxide rings is 1. The van der Waals surface area contributed by atoms with Gasteiger partial charge in [0.15, 0.2) is 0 Å². The van der Waals surface area contributed by atoms with Gasteiger partial charge in [0.1, 0.15) is 0 Å². The van der Waals surface area contributed by atoms with E-state index < -0.39 is 0 Å². The quantitative estimate of drug-likeness (QED) is 0.424. The number of hydrogen-bond donors (Lipinski definition) is 0. The molecule has 4 unspecified atom stereocenters. The van der Waals surface area contributed by atoms with Gasteiger partial charge in [0.25, 0.3) is 0 Å². The summed E-state index contributed by atoms with van der Waals surface area (Å²) in [5.41, 5.74) is 0. The van der Waals surface area contributed by atoms with Crippen LogP contribution in [0.3, 0.4) is 0 Å². The van der Waals surface area contributed by atoms with Crippen LogP contribution in [0, 0.1) is 11.8 Å². The maximum Gasteiger partial charge on any atom is 0.0841 e. The summed E-state index contributed by atoms with van der Waals surface area (Å²) in [4.78, 5) is 0. The van der Waals surface area contributed by atoms with E-state index in [-0.39, 0.29) is 0 Å². The van der Waals surface area contributed by atoms with E-state index in [1.54, 1.807) is 0 Å². The molecule has 1 nitrogen and oxygen atoms in total. The van der Waals surface area contributed by atoms with E-state index in [1.807, 2.05) is 0 Å². The summed E-state index contributed by atoms with van der Waals surface area (Å²) in [6.07, 6.45) is 16.1. The molecule has 2 bridgehead atoms. The maximum absolute atomic E-state index is 5.28. The van der Waals surface area contributed by atoms with Crippen LogP contribution in [0.15, 0.2) is 12.2 Å². The minimum atomic E-state index is 0.703. The predicted molar refractivity (Wildman–Crippen MR) is 57.1 cm³/mol. The Morgan fingerprint density at radius 3 is 1.64 bits per heavy atom. The zero-order valence-electron chi connectivity index (χ0n) is 8.82. The minimum Gasteiger partial charge on any atom is -0.370 e. The molecule has 0 aromatic heterocycles. The molecule has 0 aromatic rings. The van der Waals surface area contributed by atoms with Gasteiger partial charge in [-0.1, -0.05) is 25.0 Å². The Kier molecular flexibility index (Phi) is 2.36. The summed E-state index contributed by atoms with van der Waals surface area (Å²) < 4.78 is 5.28. The normalized spacial score (nSPS) is 46.9. The average Bonchev–Trinajstić information content (AvgIpc) is 2.68. The van der Waals surface area contributed by atoms with Gasteiger partial charge in [-0.2, -0.15) is 0 Å². The van der Waals surface area contributed by atoms with Gasteiger partial charge in [-0.25, -0.2) is 0 Å². The van der Waals surface area contributed by atoms with E-state index in [4.69, 9.17) is 4.74 Å². The van der Waals surface area contributed by atoms with Gasteiger partial charge in [-0.3, -0.25) is 0 Å². The average molecular weight is 192 g/mol. The molecule has 3 fully saturated rings. The molecule has 14 heavy (non-hydrogen) atoms. The highest BCUT2D eigenvalue weighted by Crippen LogP contribution is 2.38. The van der Waals surface area contributed by atoms with Crippen molar-refractivity contribution in [1.82, 2.24) is 0 Å². The summed E-state index contributed by atoms with van der Waals surface area (Å²) in [6, 6.07) is 0. The van der Waals surface area contributed by atoms with Gasteiger partial charge >= 0.3 is 0 Å². The van der Waals surface area contributed by atoms with Crippen LogP contribution in [0.4, 0.5) is 0 Å². The molecule has 0 radical (unpaired) electrons. The largest absolute Gasteiger partial charge is 0.370 e. The molecule has 4 aliphatic rings. The van der Waals surface area contributed by atoms with Crippen molar-refractivity contribution in [2.75, 3.05) is 0 Å². The molecule has 1 heterocycles. The SMILES string of the molecule is C1=CC2CCC1C2.C1CCC2OC2C1. The zero-order valence-corrected chi connectivity index (χ0v) is 8.82. The van der Waals surface area contributed by atoms with Gasteiger partial charge in [0.05, 0.1) is 12.2 Å². The molecular formula is C13H20O. The van der Waals surface area contributed by atoms with Gasteiger partial charge in [0, 0.05) is 0 Å². The fourth-order valence-corrected chi connectivity index (χ4v) is 3.09. The van der Waals surface area contributed by atoms with E-state index in [1.165, 1.54) is 44.9 Å². The Morgan fingerprint density at radius 2 is 1.36 bits per heavy atom. The molecule has 4 rings (SSSR count). The number of ether oxygens (including phenoxy) is 1. The molecule has 0 aromatic carbocycles. The van der Waals surface area contributed by atoms with Crippen LogP contribution >= 0.6 is 0 Å². The standard InChI is InChI=1S/C7H10.C6H10O/c1-2-7-4-3-6(1)5-7;1-2-4-6-5(3-1)7-6/h1-2,6-7H,3-5H2;5-6H,1-4H2. The van der Waals surface area contributed by atoms with Gasteiger partial charge < -0.3 is 4.74 Å². The number of fused-ring (bicyclic) bond motifs is 3. The summed E-state index contributed by atoms with van der Waals surface area (Å²) in [5, 5.41) is 0. The van der Waals surface area contributed by atoms with Crippen LogP contribution in [0.5, 0.6) is 0 Å². The summed E-state index contributed by atoms with van der Waals surface area (Å²) in [6.45, 7) is 0. The van der Waals surface area contributed by atoms with Crippen molar-refractivity contribution in [2.45, 2.75) is 57.2 Å². The first kappa shape index (κ1) is 8.96. The molecule has 4 atom stereocenters. The van der Waals surface area contributed by atoms with E-state index in [0.717, 1.165) is 11.8 Å². The lowest BCUT2D eigenvalue weighted by molar-refractivity contribution is 0.373. The van der Waals surface area contributed by atoms with E-state index in [0.29, 0.717) is 12.2 Å². The van der Waals surface area contributed by atoms with Crippen LogP contribution in [-0.2, 0) is 4.74 Å². The summed E-state index contributed by atoms with van der Waals surface area (Å²) in [5.74, 6) is 1.98. The minimum absolute atomic E-state index is 0.703. The first-order chi connectivity index (χ1) is 6.92. The Labute approximate surface area is 86.5 Å². The summed E-state index contributed by atoms with van der Waals surface area (Å²) >= 11 is 0. The second kappa shape index (κ2) is 3.69. The fourth-order valence-electron chi connectivity index (χ4n) is 3.09. The smallest absolute Gasteiger partial charge is 0.0841 e. The van der Waals surface area contributed by atoms with Crippen LogP contribution in [0.1, 0.15) is 44.9 Å². The Bertz CT molecular complexity index is 211. The molecule has 78 valence electrons. The number of allylic oxidation sites excluding steroid dienone is 2. The first-order valence-electron chi connectivity index (χ1n) is 6.25. The molecular weight excluding hydrogens is 172 g/mol. The van der Waals surface area contributed by atoms with Crippen molar-refractivity contribution >= 4 is 0 Å². The van der Waals surface area contributed by atoms with Crippen LogP contribution in [-0.4, -0.2) is 12.2 Å².